The van der Waals surface area contributed by atoms with Gasteiger partial charge in [-0.3, -0.25) is 4.79 Å². The molecule has 0 aliphatic carbocycles. The molecule has 0 N–H and O–H groups in total. The zero-order valence-electron chi connectivity index (χ0n) is 6.48. The Bertz CT molecular complexity index is 294. The van der Waals surface area contributed by atoms with Crippen LogP contribution in [0.15, 0.2) is 34.3 Å². The van der Waals surface area contributed by atoms with Crippen LogP contribution in [0.2, 0.25) is 0 Å². The molecule has 0 radical (unpaired) electrons. The first-order chi connectivity index (χ1) is 5.77. The van der Waals surface area contributed by atoms with Crippen molar-refractivity contribution in [2.75, 3.05) is 6.26 Å². The molecule has 1 aromatic rings. The van der Waals surface area contributed by atoms with Gasteiger partial charge in [-0.05, 0) is 30.5 Å². The van der Waals surface area contributed by atoms with Gasteiger partial charge in [0, 0.05) is 15.6 Å². The van der Waals surface area contributed by atoms with Gasteiger partial charge in [0.2, 0.25) is 0 Å². The minimum Gasteiger partial charge on any atom is -0.263 e. The molecule has 0 saturated heterocycles. The summed E-state index contributed by atoms with van der Waals surface area (Å²) in [4.78, 5) is 21.6. The maximum absolute atomic E-state index is 10.7. The van der Waals surface area contributed by atoms with E-state index >= 15 is 0 Å². The molecular weight excluding hydrogens is 174 g/mol. The van der Waals surface area contributed by atoms with Crippen LogP contribution in [0.4, 0.5) is 0 Å². The van der Waals surface area contributed by atoms with Crippen molar-refractivity contribution in [2.45, 2.75) is 4.90 Å². The van der Waals surface area contributed by atoms with Gasteiger partial charge >= 0.3 is 5.91 Å². The predicted octanol–water partition coefficient (Wildman–Crippen LogP) is 2.32. The van der Waals surface area contributed by atoms with E-state index in [1.165, 1.54) is 0 Å². The van der Waals surface area contributed by atoms with E-state index in [1.54, 1.807) is 36.0 Å². The summed E-state index contributed by atoms with van der Waals surface area (Å²) >= 11 is 1.58. The summed E-state index contributed by atoms with van der Waals surface area (Å²) < 4.78 is 0. The van der Waals surface area contributed by atoms with Crippen molar-refractivity contribution in [1.82, 2.24) is 0 Å². The molecule has 0 aliphatic heterocycles. The standard InChI is InChI=1S/C8H7NO2S/c1-12-7-4-2-6(3-5-7)8(10)9-11/h2-5H,1H3. The molecule has 0 aromatic heterocycles. The summed E-state index contributed by atoms with van der Waals surface area (Å²) in [5.41, 5.74) is 0.336. The van der Waals surface area contributed by atoms with Crippen LogP contribution in [0.25, 0.3) is 0 Å². The monoisotopic (exact) mass is 181 g/mol. The highest BCUT2D eigenvalue weighted by Gasteiger charge is 2.03. The molecule has 12 heavy (non-hydrogen) atoms. The largest absolute Gasteiger partial charge is 0.316 e. The average molecular weight is 181 g/mol. The number of nitrogens with zero attached hydrogens (tertiary/aromatic N) is 1. The van der Waals surface area contributed by atoms with Crippen LogP contribution < -0.4 is 0 Å². The zero-order chi connectivity index (χ0) is 8.97. The third kappa shape index (κ3) is 1.92. The first kappa shape index (κ1) is 8.93. The Morgan fingerprint density at radius 2 is 1.92 bits per heavy atom. The Hall–Kier alpha value is -1.16. The SMILES string of the molecule is CSc1ccc(C(=O)N=O)cc1. The van der Waals surface area contributed by atoms with E-state index in [4.69, 9.17) is 0 Å². The van der Waals surface area contributed by atoms with Crippen LogP contribution in [0.3, 0.4) is 0 Å². The van der Waals surface area contributed by atoms with Gasteiger partial charge in [0.15, 0.2) is 0 Å². The predicted molar refractivity (Wildman–Crippen MR) is 48.3 cm³/mol. The van der Waals surface area contributed by atoms with Gasteiger partial charge in [0.05, 0.1) is 0 Å². The summed E-state index contributed by atoms with van der Waals surface area (Å²) in [6.07, 6.45) is 1.94. The van der Waals surface area contributed by atoms with Crippen LogP contribution in [-0.4, -0.2) is 12.2 Å². The second kappa shape index (κ2) is 4.01. The fourth-order valence-corrected chi connectivity index (χ4v) is 1.19. The number of carbonyl (C=O) groups is 1. The highest BCUT2D eigenvalue weighted by Crippen LogP contribution is 2.15. The molecule has 4 heteroatoms. The van der Waals surface area contributed by atoms with Crippen molar-refractivity contribution in [1.29, 1.82) is 0 Å². The Morgan fingerprint density at radius 3 is 2.33 bits per heavy atom. The zero-order valence-corrected chi connectivity index (χ0v) is 7.30. The Balaban J connectivity index is 2.91. The van der Waals surface area contributed by atoms with Crippen molar-refractivity contribution < 1.29 is 4.79 Å². The highest BCUT2D eigenvalue weighted by molar-refractivity contribution is 7.98. The van der Waals surface area contributed by atoms with Crippen LogP contribution in [0.5, 0.6) is 0 Å². The molecule has 0 aliphatic rings. The maximum Gasteiger partial charge on any atom is 0.316 e. The van der Waals surface area contributed by atoms with E-state index in [0.29, 0.717) is 5.56 Å². The van der Waals surface area contributed by atoms with Gasteiger partial charge < -0.3 is 0 Å². The average Bonchev–Trinajstić information content (AvgIpc) is 2.17. The van der Waals surface area contributed by atoms with Crippen LogP contribution in [-0.2, 0) is 0 Å². The van der Waals surface area contributed by atoms with Crippen molar-refractivity contribution in [3.8, 4) is 0 Å². The lowest BCUT2D eigenvalue weighted by atomic mass is 10.2. The van der Waals surface area contributed by atoms with Gasteiger partial charge in [0.25, 0.3) is 0 Å². The maximum atomic E-state index is 10.7. The van der Waals surface area contributed by atoms with Gasteiger partial charge in [-0.25, -0.2) is 0 Å². The van der Waals surface area contributed by atoms with E-state index in [9.17, 15) is 9.70 Å². The minimum absolute atomic E-state index is 0.336. The molecule has 1 aromatic carbocycles. The number of amides is 1. The van der Waals surface area contributed by atoms with Gasteiger partial charge in [-0.2, -0.15) is 0 Å². The molecule has 0 heterocycles. The van der Waals surface area contributed by atoms with Gasteiger partial charge in [-0.1, -0.05) is 0 Å². The lowest BCUT2D eigenvalue weighted by molar-refractivity contribution is 0.100. The summed E-state index contributed by atoms with van der Waals surface area (Å²) in [5, 5.41) is 2.32. The second-order valence-corrected chi connectivity index (χ2v) is 3.00. The summed E-state index contributed by atoms with van der Waals surface area (Å²) in [6.45, 7) is 0. The summed E-state index contributed by atoms with van der Waals surface area (Å²) in [7, 11) is 0. The molecule has 0 spiro atoms. The van der Waals surface area contributed by atoms with Crippen LogP contribution >= 0.6 is 11.8 Å². The quantitative estimate of drug-likeness (QED) is 0.519. The molecule has 62 valence electrons. The number of hydrogen-bond donors (Lipinski definition) is 0. The molecule has 0 bridgehead atoms. The van der Waals surface area contributed by atoms with E-state index < -0.39 is 5.91 Å². The number of hydrogen-bond acceptors (Lipinski definition) is 3. The Morgan fingerprint density at radius 1 is 1.33 bits per heavy atom. The first-order valence-corrected chi connectivity index (χ1v) is 4.52. The lowest BCUT2D eigenvalue weighted by Gasteiger charge is -1.95. The summed E-state index contributed by atoms with van der Waals surface area (Å²) in [6, 6.07) is 6.75. The van der Waals surface area contributed by atoms with Crippen molar-refractivity contribution in [2.24, 2.45) is 5.18 Å². The molecule has 3 nitrogen and oxygen atoms in total. The molecule has 0 atom stereocenters. The minimum atomic E-state index is -0.720. The normalized spacial score (nSPS) is 9.42. The van der Waals surface area contributed by atoms with E-state index in [1.807, 2.05) is 6.26 Å². The topological polar surface area (TPSA) is 46.5 Å². The number of benzene rings is 1. The highest BCUT2D eigenvalue weighted by atomic mass is 32.2. The van der Waals surface area contributed by atoms with Crippen LogP contribution in [0, 0.1) is 4.91 Å². The number of carbonyl (C=O) groups excluding carboxylic acids is 1. The number of nitroso groups, excluding NO2 is 1. The summed E-state index contributed by atoms with van der Waals surface area (Å²) in [5.74, 6) is -0.720. The fourth-order valence-electron chi connectivity index (χ4n) is 0.786. The van der Waals surface area contributed by atoms with Crippen molar-refractivity contribution in [3.05, 3.63) is 34.7 Å². The molecular formula is C8H7NO2S. The molecule has 1 rings (SSSR count). The van der Waals surface area contributed by atoms with Gasteiger partial charge in [0.1, 0.15) is 0 Å². The second-order valence-electron chi connectivity index (χ2n) is 2.12. The van der Waals surface area contributed by atoms with Crippen molar-refractivity contribution >= 4 is 17.7 Å². The molecule has 0 fully saturated rings. The van der Waals surface area contributed by atoms with E-state index in [-0.39, 0.29) is 0 Å². The Labute approximate surface area is 74.1 Å². The number of rotatable bonds is 2. The third-order valence-corrected chi connectivity index (χ3v) is 2.16. The lowest BCUT2D eigenvalue weighted by Crippen LogP contribution is -1.91. The van der Waals surface area contributed by atoms with Crippen LogP contribution in [0.1, 0.15) is 10.4 Å². The third-order valence-electron chi connectivity index (χ3n) is 1.42. The fraction of sp³-hybridized carbons (Fsp3) is 0.125. The molecule has 1 amide bonds. The van der Waals surface area contributed by atoms with E-state index in [0.717, 1.165) is 4.90 Å². The van der Waals surface area contributed by atoms with Crippen molar-refractivity contribution in [3.63, 3.8) is 0 Å². The molecule has 0 unspecified atom stereocenters. The van der Waals surface area contributed by atoms with E-state index in [2.05, 4.69) is 5.18 Å². The van der Waals surface area contributed by atoms with Gasteiger partial charge in [-0.15, -0.1) is 16.7 Å². The molecule has 0 saturated carbocycles. The first-order valence-electron chi connectivity index (χ1n) is 3.29. The number of thioether (sulfide) groups is 1. The smallest absolute Gasteiger partial charge is 0.263 e. The Kier molecular flexibility index (Phi) is 2.99.